The van der Waals surface area contributed by atoms with Gasteiger partial charge in [0, 0.05) is 0 Å². The molecule has 80 valence electrons. The van der Waals surface area contributed by atoms with E-state index in [1.165, 1.54) is 0 Å². The van der Waals surface area contributed by atoms with Crippen molar-refractivity contribution in [1.82, 2.24) is 5.01 Å². The summed E-state index contributed by atoms with van der Waals surface area (Å²) in [6, 6.07) is 0. The summed E-state index contributed by atoms with van der Waals surface area (Å²) in [4.78, 5) is 25.4. The van der Waals surface area contributed by atoms with Crippen molar-refractivity contribution in [2.24, 2.45) is 11.0 Å². The number of amides is 1. The van der Waals surface area contributed by atoms with Crippen molar-refractivity contribution in [2.45, 2.75) is 6.92 Å². The number of ketones is 1. The summed E-state index contributed by atoms with van der Waals surface area (Å²) in [6.45, 7) is 9.04. The molecule has 6 heteroatoms. The van der Waals surface area contributed by atoms with Gasteiger partial charge < -0.3 is 9.58 Å². The van der Waals surface area contributed by atoms with E-state index in [9.17, 15) is 9.59 Å². The molecular weight excluding hydrogens is 198 g/mol. The van der Waals surface area contributed by atoms with Crippen LogP contribution in [0.1, 0.15) is 6.92 Å². The summed E-state index contributed by atoms with van der Waals surface area (Å²) in [5, 5.41) is 4.77. The van der Waals surface area contributed by atoms with Crippen molar-refractivity contribution < 1.29 is 14.3 Å². The molecule has 0 aromatic heterocycles. The van der Waals surface area contributed by atoms with Crippen LogP contribution in [0.5, 0.6) is 0 Å². The van der Waals surface area contributed by atoms with Gasteiger partial charge in [-0.15, -0.1) is 0 Å². The Kier molecular flexibility index (Phi) is 3.80. The van der Waals surface area contributed by atoms with Crippen LogP contribution in [0.4, 0.5) is 4.79 Å². The van der Waals surface area contributed by atoms with Gasteiger partial charge in [-0.05, 0) is 6.92 Å². The number of hydrazone groups is 1. The Morgan fingerprint density at radius 2 is 2.60 bits per heavy atom. The highest BCUT2D eigenvalue weighted by atomic mass is 16.6. The topological polar surface area (TPSA) is 63.3 Å². The van der Waals surface area contributed by atoms with E-state index in [-0.39, 0.29) is 18.2 Å². The standard InChI is InChI=1S/C9H11N3O3/c1-7(5-10-2)8(13)6-11-12-3-4-15-9(12)14/h6-7H,3-5H2,1H3/b11-6+. The molecule has 1 unspecified atom stereocenters. The van der Waals surface area contributed by atoms with E-state index >= 15 is 0 Å². The minimum atomic E-state index is -0.545. The molecule has 1 aliphatic rings. The Balaban J connectivity index is 2.47. The first-order valence-electron chi connectivity index (χ1n) is 4.50. The molecule has 0 aliphatic carbocycles. The lowest BCUT2D eigenvalue weighted by atomic mass is 10.1. The number of carbonyl (C=O) groups excluding carboxylic acids is 2. The summed E-state index contributed by atoms with van der Waals surface area (Å²) in [6.07, 6.45) is 0.527. The number of rotatable bonds is 4. The van der Waals surface area contributed by atoms with Gasteiger partial charge in [-0.1, -0.05) is 0 Å². The first-order chi connectivity index (χ1) is 7.15. The van der Waals surface area contributed by atoms with E-state index in [0.29, 0.717) is 13.2 Å². The summed E-state index contributed by atoms with van der Waals surface area (Å²) in [7, 11) is 0. The number of Topliss-reactive ketones (excluding diaryl/α,β-unsaturated/α-hetero) is 1. The molecule has 1 fully saturated rings. The van der Waals surface area contributed by atoms with Gasteiger partial charge in [-0.25, -0.2) is 11.4 Å². The number of cyclic esters (lactones) is 1. The van der Waals surface area contributed by atoms with Crippen molar-refractivity contribution >= 4 is 18.1 Å². The minimum Gasteiger partial charge on any atom is -0.446 e. The second kappa shape index (κ2) is 5.10. The van der Waals surface area contributed by atoms with Gasteiger partial charge in [0.1, 0.15) is 6.61 Å². The first-order valence-corrected chi connectivity index (χ1v) is 4.50. The Bertz CT molecular complexity index is 332. The maximum atomic E-state index is 11.3. The van der Waals surface area contributed by atoms with Gasteiger partial charge in [-0.3, -0.25) is 4.79 Å². The fourth-order valence-corrected chi connectivity index (χ4v) is 0.971. The third kappa shape index (κ3) is 3.06. The fraction of sp³-hybridized carbons (Fsp3) is 0.556. The predicted molar refractivity (Wildman–Crippen MR) is 52.2 cm³/mol. The Labute approximate surface area is 87.3 Å². The maximum absolute atomic E-state index is 11.3. The first kappa shape index (κ1) is 11.2. The van der Waals surface area contributed by atoms with Crippen LogP contribution in [0.3, 0.4) is 0 Å². The van der Waals surface area contributed by atoms with Crippen molar-refractivity contribution in [3.8, 4) is 0 Å². The van der Waals surface area contributed by atoms with Gasteiger partial charge in [-0.2, -0.15) is 10.1 Å². The van der Waals surface area contributed by atoms with Crippen LogP contribution < -0.4 is 0 Å². The molecule has 6 nitrogen and oxygen atoms in total. The molecule has 0 aromatic carbocycles. The summed E-state index contributed by atoms with van der Waals surface area (Å²) >= 11 is 0. The van der Waals surface area contributed by atoms with Gasteiger partial charge in [0.05, 0.1) is 18.7 Å². The largest absolute Gasteiger partial charge is 0.446 e. The van der Waals surface area contributed by atoms with Crippen molar-refractivity contribution in [1.29, 1.82) is 0 Å². The lowest BCUT2D eigenvalue weighted by Crippen LogP contribution is -2.21. The third-order valence-corrected chi connectivity index (χ3v) is 1.91. The lowest BCUT2D eigenvalue weighted by molar-refractivity contribution is -0.115. The number of carbonyl (C=O) groups is 2. The summed E-state index contributed by atoms with van der Waals surface area (Å²) < 4.78 is 4.62. The molecule has 0 saturated carbocycles. The van der Waals surface area contributed by atoms with Gasteiger partial charge in [0.2, 0.25) is 6.54 Å². The zero-order valence-electron chi connectivity index (χ0n) is 8.34. The van der Waals surface area contributed by atoms with Crippen molar-refractivity contribution in [3.63, 3.8) is 0 Å². The fourth-order valence-electron chi connectivity index (χ4n) is 0.971. The van der Waals surface area contributed by atoms with Gasteiger partial charge in [0.25, 0.3) is 0 Å². The number of nitrogens with zero attached hydrogens (tertiary/aromatic N) is 3. The summed E-state index contributed by atoms with van der Waals surface area (Å²) in [5.74, 6) is -0.643. The summed E-state index contributed by atoms with van der Waals surface area (Å²) in [5.41, 5.74) is 0. The van der Waals surface area contributed by atoms with Crippen LogP contribution in [-0.2, 0) is 9.53 Å². The molecular formula is C9H11N3O3. The van der Waals surface area contributed by atoms with Gasteiger partial charge >= 0.3 is 6.09 Å². The van der Waals surface area contributed by atoms with E-state index in [1.54, 1.807) is 6.92 Å². The maximum Gasteiger partial charge on any atom is 0.430 e. The van der Waals surface area contributed by atoms with Crippen molar-refractivity contribution in [3.05, 3.63) is 11.4 Å². The van der Waals surface area contributed by atoms with E-state index in [4.69, 9.17) is 6.57 Å². The van der Waals surface area contributed by atoms with E-state index < -0.39 is 6.09 Å². The molecule has 1 amide bonds. The Morgan fingerprint density at radius 3 is 3.13 bits per heavy atom. The molecule has 0 radical (unpaired) electrons. The normalized spacial score (nSPS) is 17.6. The number of ether oxygens (including phenoxy) is 1. The molecule has 15 heavy (non-hydrogen) atoms. The van der Waals surface area contributed by atoms with Crippen LogP contribution in [0, 0.1) is 12.5 Å². The lowest BCUT2D eigenvalue weighted by Gasteiger charge is -2.03. The quantitative estimate of drug-likeness (QED) is 0.501. The zero-order valence-corrected chi connectivity index (χ0v) is 8.34. The van der Waals surface area contributed by atoms with Crippen LogP contribution in [0.2, 0.25) is 0 Å². The van der Waals surface area contributed by atoms with Crippen molar-refractivity contribution in [2.75, 3.05) is 19.7 Å². The predicted octanol–water partition coefficient (Wildman–Crippen LogP) is 0.549. The SMILES string of the molecule is [C-]#[N+]CC(C)C(=O)/C=N/N1CCOC1=O. The van der Waals surface area contributed by atoms with E-state index in [1.807, 2.05) is 0 Å². The molecule has 0 spiro atoms. The smallest absolute Gasteiger partial charge is 0.430 e. The molecule has 0 N–H and O–H groups in total. The zero-order chi connectivity index (χ0) is 11.3. The second-order valence-electron chi connectivity index (χ2n) is 3.13. The number of hydrogen-bond acceptors (Lipinski definition) is 4. The van der Waals surface area contributed by atoms with E-state index in [2.05, 4.69) is 14.7 Å². The third-order valence-electron chi connectivity index (χ3n) is 1.91. The molecule has 1 heterocycles. The molecule has 1 aliphatic heterocycles. The molecule has 0 bridgehead atoms. The second-order valence-corrected chi connectivity index (χ2v) is 3.13. The minimum absolute atomic E-state index is 0.134. The Hall–Kier alpha value is -1.90. The van der Waals surface area contributed by atoms with Crippen LogP contribution >= 0.6 is 0 Å². The molecule has 1 atom stereocenters. The van der Waals surface area contributed by atoms with Crippen LogP contribution in [0.15, 0.2) is 5.10 Å². The van der Waals surface area contributed by atoms with Crippen LogP contribution in [0.25, 0.3) is 4.85 Å². The molecule has 0 aromatic rings. The van der Waals surface area contributed by atoms with E-state index in [0.717, 1.165) is 11.2 Å². The average molecular weight is 209 g/mol. The van der Waals surface area contributed by atoms with Gasteiger partial charge in [0.15, 0.2) is 5.78 Å². The Morgan fingerprint density at radius 1 is 1.87 bits per heavy atom. The average Bonchev–Trinajstić information content (AvgIpc) is 2.61. The molecule has 1 rings (SSSR count). The van der Waals surface area contributed by atoms with Crippen LogP contribution in [-0.4, -0.2) is 42.8 Å². The highest BCUT2D eigenvalue weighted by molar-refractivity contribution is 6.28. The monoisotopic (exact) mass is 209 g/mol. The number of hydrogen-bond donors (Lipinski definition) is 0. The highest BCUT2D eigenvalue weighted by Gasteiger charge is 2.21. The highest BCUT2D eigenvalue weighted by Crippen LogP contribution is 2.03. The molecule has 1 saturated heterocycles.